The third kappa shape index (κ3) is 3.42. The quantitative estimate of drug-likeness (QED) is 0.709. The standard InChI is InChI=1S/C25H30N4O2/c1-18-5-6-20(17-27-18)23(30)28-15-9-21(10-16-28)29-22(19-7-13-26-14-8-19)25(24(29)31)11-3-2-4-12-25/h5-8,13-14,17,21-22H,2-4,9-12,15-16H2,1H3. The van der Waals surface area contributed by atoms with Gasteiger partial charge in [-0.2, -0.15) is 0 Å². The van der Waals surface area contributed by atoms with Gasteiger partial charge in [-0.3, -0.25) is 19.6 Å². The van der Waals surface area contributed by atoms with Crippen molar-refractivity contribution in [2.24, 2.45) is 5.41 Å². The molecule has 0 aromatic carbocycles. The lowest BCUT2D eigenvalue weighted by Crippen LogP contribution is -2.67. The van der Waals surface area contributed by atoms with Gasteiger partial charge in [0.2, 0.25) is 5.91 Å². The second-order valence-electron chi connectivity index (χ2n) is 9.32. The second-order valence-corrected chi connectivity index (χ2v) is 9.32. The molecule has 2 aromatic heterocycles. The molecular formula is C25H30N4O2. The summed E-state index contributed by atoms with van der Waals surface area (Å²) in [5.74, 6) is 0.372. The summed E-state index contributed by atoms with van der Waals surface area (Å²) in [7, 11) is 0. The number of β-lactam (4-membered cyclic amide) rings is 1. The van der Waals surface area contributed by atoms with E-state index in [0.717, 1.165) is 44.2 Å². The molecule has 0 radical (unpaired) electrons. The van der Waals surface area contributed by atoms with Crippen LogP contribution in [-0.2, 0) is 4.79 Å². The topological polar surface area (TPSA) is 66.4 Å². The van der Waals surface area contributed by atoms with E-state index < -0.39 is 0 Å². The number of carbonyl (C=O) groups is 2. The average Bonchev–Trinajstić information content (AvgIpc) is 2.83. The number of amides is 2. The number of hydrogen-bond donors (Lipinski definition) is 0. The molecule has 0 N–H and O–H groups in total. The minimum atomic E-state index is -0.222. The molecule has 2 saturated heterocycles. The summed E-state index contributed by atoms with van der Waals surface area (Å²) < 4.78 is 0. The molecule has 1 saturated carbocycles. The van der Waals surface area contributed by atoms with E-state index in [-0.39, 0.29) is 23.4 Å². The van der Waals surface area contributed by atoms with Gasteiger partial charge in [0, 0.05) is 43.4 Å². The Bertz CT molecular complexity index is 945. The molecule has 1 atom stereocenters. The van der Waals surface area contributed by atoms with Crippen molar-refractivity contribution in [2.75, 3.05) is 13.1 Å². The van der Waals surface area contributed by atoms with Crippen LogP contribution >= 0.6 is 0 Å². The SMILES string of the molecule is Cc1ccc(C(=O)N2CCC(N3C(=O)C4(CCCCC4)C3c3ccncc3)CC2)cn1. The molecule has 1 spiro atoms. The molecule has 2 amide bonds. The monoisotopic (exact) mass is 418 g/mol. The maximum Gasteiger partial charge on any atom is 0.255 e. The van der Waals surface area contributed by atoms with Gasteiger partial charge in [-0.25, -0.2) is 0 Å². The summed E-state index contributed by atoms with van der Waals surface area (Å²) in [5.41, 5.74) is 2.53. The zero-order valence-electron chi connectivity index (χ0n) is 18.2. The van der Waals surface area contributed by atoms with Crippen molar-refractivity contribution in [3.05, 3.63) is 59.7 Å². The minimum Gasteiger partial charge on any atom is -0.338 e. The smallest absolute Gasteiger partial charge is 0.255 e. The number of carbonyl (C=O) groups excluding carboxylic acids is 2. The first-order chi connectivity index (χ1) is 15.1. The number of rotatable bonds is 3. The Labute approximate surface area is 183 Å². The first kappa shape index (κ1) is 20.2. The highest BCUT2D eigenvalue weighted by atomic mass is 16.2. The number of nitrogens with zero attached hydrogens (tertiary/aromatic N) is 4. The van der Waals surface area contributed by atoms with E-state index in [9.17, 15) is 9.59 Å². The highest BCUT2D eigenvalue weighted by Crippen LogP contribution is 2.59. The third-order valence-electron chi connectivity index (χ3n) is 7.53. The summed E-state index contributed by atoms with van der Waals surface area (Å²) in [6.45, 7) is 3.27. The Morgan fingerprint density at radius 3 is 2.39 bits per heavy atom. The zero-order valence-corrected chi connectivity index (χ0v) is 18.2. The fourth-order valence-corrected chi connectivity index (χ4v) is 5.89. The van der Waals surface area contributed by atoms with Gasteiger partial charge in [0.1, 0.15) is 0 Å². The number of likely N-dealkylation sites (tertiary alicyclic amines) is 2. The number of pyridine rings is 2. The maximum absolute atomic E-state index is 13.5. The average molecular weight is 419 g/mol. The summed E-state index contributed by atoms with van der Waals surface area (Å²) in [6, 6.07) is 8.21. The van der Waals surface area contributed by atoms with E-state index in [1.54, 1.807) is 6.20 Å². The Morgan fingerprint density at radius 2 is 1.74 bits per heavy atom. The molecule has 2 aliphatic heterocycles. The molecule has 162 valence electrons. The van der Waals surface area contributed by atoms with Crippen LogP contribution in [0.15, 0.2) is 42.9 Å². The van der Waals surface area contributed by atoms with Crippen molar-refractivity contribution in [2.45, 2.75) is 64.0 Å². The van der Waals surface area contributed by atoms with Crippen LogP contribution in [0.2, 0.25) is 0 Å². The molecule has 3 fully saturated rings. The normalized spacial score (nSPS) is 23.6. The molecule has 6 heteroatoms. The number of aryl methyl sites for hydroxylation is 1. The van der Waals surface area contributed by atoms with Gasteiger partial charge in [0.05, 0.1) is 17.0 Å². The fourth-order valence-electron chi connectivity index (χ4n) is 5.89. The lowest BCUT2D eigenvalue weighted by molar-refractivity contribution is -0.186. The molecule has 2 aromatic rings. The molecule has 5 rings (SSSR count). The number of hydrogen-bond acceptors (Lipinski definition) is 4. The van der Waals surface area contributed by atoms with E-state index in [0.29, 0.717) is 24.6 Å². The van der Waals surface area contributed by atoms with Gasteiger partial charge in [0.15, 0.2) is 0 Å². The van der Waals surface area contributed by atoms with Gasteiger partial charge in [-0.15, -0.1) is 0 Å². The van der Waals surface area contributed by atoms with Gasteiger partial charge in [-0.1, -0.05) is 19.3 Å². The van der Waals surface area contributed by atoms with Crippen LogP contribution in [0.1, 0.15) is 72.6 Å². The maximum atomic E-state index is 13.5. The molecule has 3 aliphatic rings. The van der Waals surface area contributed by atoms with Gasteiger partial charge in [-0.05, 0) is 62.4 Å². The molecule has 1 unspecified atom stereocenters. The highest BCUT2D eigenvalue weighted by molar-refractivity contribution is 5.94. The van der Waals surface area contributed by atoms with Crippen LogP contribution in [0.25, 0.3) is 0 Å². The highest BCUT2D eigenvalue weighted by Gasteiger charge is 2.62. The second kappa shape index (κ2) is 8.06. The number of piperidine rings is 1. The van der Waals surface area contributed by atoms with E-state index in [1.807, 2.05) is 36.4 Å². The molecule has 6 nitrogen and oxygen atoms in total. The van der Waals surface area contributed by atoms with Gasteiger partial charge < -0.3 is 9.80 Å². The van der Waals surface area contributed by atoms with E-state index >= 15 is 0 Å². The largest absolute Gasteiger partial charge is 0.338 e. The summed E-state index contributed by atoms with van der Waals surface area (Å²) in [4.78, 5) is 38.9. The Kier molecular flexibility index (Phi) is 5.24. The van der Waals surface area contributed by atoms with E-state index in [1.165, 1.54) is 12.0 Å². The van der Waals surface area contributed by atoms with Gasteiger partial charge >= 0.3 is 0 Å². The third-order valence-corrected chi connectivity index (χ3v) is 7.53. The predicted octanol–water partition coefficient (Wildman–Crippen LogP) is 3.92. The predicted molar refractivity (Wildman–Crippen MR) is 117 cm³/mol. The van der Waals surface area contributed by atoms with E-state index in [4.69, 9.17) is 0 Å². The van der Waals surface area contributed by atoms with Crippen molar-refractivity contribution in [1.82, 2.24) is 19.8 Å². The van der Waals surface area contributed by atoms with Crippen molar-refractivity contribution in [3.8, 4) is 0 Å². The van der Waals surface area contributed by atoms with Crippen LogP contribution in [0, 0.1) is 12.3 Å². The van der Waals surface area contributed by atoms with Crippen molar-refractivity contribution < 1.29 is 9.59 Å². The van der Waals surface area contributed by atoms with Crippen molar-refractivity contribution in [3.63, 3.8) is 0 Å². The fraction of sp³-hybridized carbons (Fsp3) is 0.520. The van der Waals surface area contributed by atoms with Crippen molar-refractivity contribution >= 4 is 11.8 Å². The molecule has 31 heavy (non-hydrogen) atoms. The first-order valence-corrected chi connectivity index (χ1v) is 11.5. The minimum absolute atomic E-state index is 0.0373. The lowest BCUT2D eigenvalue weighted by Gasteiger charge is -2.61. The summed E-state index contributed by atoms with van der Waals surface area (Å²) in [6.07, 6.45) is 12.5. The Morgan fingerprint density at radius 1 is 1.03 bits per heavy atom. The van der Waals surface area contributed by atoms with Crippen LogP contribution in [0.5, 0.6) is 0 Å². The zero-order chi connectivity index (χ0) is 21.4. The van der Waals surface area contributed by atoms with Crippen LogP contribution in [0.4, 0.5) is 0 Å². The number of aromatic nitrogens is 2. The molecule has 0 bridgehead atoms. The first-order valence-electron chi connectivity index (χ1n) is 11.5. The van der Waals surface area contributed by atoms with Crippen LogP contribution in [0.3, 0.4) is 0 Å². The molecular weight excluding hydrogens is 388 g/mol. The molecule has 1 aliphatic carbocycles. The molecule has 4 heterocycles. The lowest BCUT2D eigenvalue weighted by atomic mass is 9.59. The van der Waals surface area contributed by atoms with Crippen LogP contribution in [-0.4, -0.2) is 50.7 Å². The van der Waals surface area contributed by atoms with E-state index in [2.05, 4.69) is 27.0 Å². The van der Waals surface area contributed by atoms with Gasteiger partial charge in [0.25, 0.3) is 5.91 Å². The van der Waals surface area contributed by atoms with Crippen LogP contribution < -0.4 is 0 Å². The summed E-state index contributed by atoms with van der Waals surface area (Å²) in [5, 5.41) is 0. The Hall–Kier alpha value is -2.76. The Balaban J connectivity index is 1.31. The van der Waals surface area contributed by atoms with Crippen molar-refractivity contribution in [1.29, 1.82) is 0 Å². The summed E-state index contributed by atoms with van der Waals surface area (Å²) >= 11 is 0.